The molecule has 0 spiro atoms. The maximum absolute atomic E-state index is 11.9. The Morgan fingerprint density at radius 2 is 2.27 bits per heavy atom. The Labute approximate surface area is 131 Å². The van der Waals surface area contributed by atoms with Crippen LogP contribution >= 0.6 is 11.3 Å². The van der Waals surface area contributed by atoms with Gasteiger partial charge in [0.1, 0.15) is 12.7 Å². The maximum atomic E-state index is 11.9. The summed E-state index contributed by atoms with van der Waals surface area (Å²) in [6.07, 6.45) is 4.69. The van der Waals surface area contributed by atoms with Crippen LogP contribution in [0.4, 0.5) is 9.80 Å². The van der Waals surface area contributed by atoms with Crippen molar-refractivity contribution in [2.45, 2.75) is 13.5 Å². The number of amides is 2. The second-order valence-corrected chi connectivity index (χ2v) is 5.83. The summed E-state index contributed by atoms with van der Waals surface area (Å²) in [6.45, 7) is 2.34. The summed E-state index contributed by atoms with van der Waals surface area (Å²) < 4.78 is 1.57. The molecule has 3 aromatic rings. The number of rotatable bonds is 4. The zero-order valence-electron chi connectivity index (χ0n) is 11.9. The van der Waals surface area contributed by atoms with Gasteiger partial charge in [-0.05, 0) is 25.1 Å². The summed E-state index contributed by atoms with van der Waals surface area (Å²) in [7, 11) is 0. The van der Waals surface area contributed by atoms with Gasteiger partial charge in [-0.1, -0.05) is 6.07 Å². The van der Waals surface area contributed by atoms with E-state index in [9.17, 15) is 4.79 Å². The second-order valence-electron chi connectivity index (χ2n) is 4.54. The third kappa shape index (κ3) is 3.29. The molecule has 0 aliphatic heterocycles. The number of carbonyl (C=O) groups excluding carboxylic acids is 1. The molecule has 0 aliphatic carbocycles. The molecule has 0 aliphatic rings. The van der Waals surface area contributed by atoms with E-state index in [4.69, 9.17) is 0 Å². The largest absolute Gasteiger partial charge is 0.334 e. The lowest BCUT2D eigenvalue weighted by atomic mass is 10.2. The molecular formula is C14H14N6OS. The minimum atomic E-state index is -0.254. The maximum Gasteiger partial charge on any atom is 0.320 e. The highest BCUT2D eigenvalue weighted by Gasteiger charge is 2.08. The van der Waals surface area contributed by atoms with Crippen molar-refractivity contribution in [3.8, 4) is 5.82 Å². The van der Waals surface area contributed by atoms with Gasteiger partial charge >= 0.3 is 6.03 Å². The summed E-state index contributed by atoms with van der Waals surface area (Å²) in [6, 6.07) is 7.29. The van der Waals surface area contributed by atoms with E-state index in [1.807, 2.05) is 31.2 Å². The number of anilines is 1. The van der Waals surface area contributed by atoms with Gasteiger partial charge in [-0.15, -0.1) is 11.3 Å². The van der Waals surface area contributed by atoms with Gasteiger partial charge in [-0.2, -0.15) is 5.10 Å². The summed E-state index contributed by atoms with van der Waals surface area (Å²) >= 11 is 1.53. The molecule has 3 heterocycles. The SMILES string of the molecule is Cc1ccc(NC(=O)NCc2cccnc2-n2cncn2)s1. The van der Waals surface area contributed by atoms with E-state index >= 15 is 0 Å². The third-order valence-corrected chi connectivity index (χ3v) is 3.84. The van der Waals surface area contributed by atoms with Crippen LogP contribution in [0.5, 0.6) is 0 Å². The van der Waals surface area contributed by atoms with Crippen LogP contribution in [0.2, 0.25) is 0 Å². The lowest BCUT2D eigenvalue weighted by Gasteiger charge is -2.09. The zero-order valence-corrected chi connectivity index (χ0v) is 12.7. The van der Waals surface area contributed by atoms with Crippen LogP contribution in [0.15, 0.2) is 43.1 Å². The van der Waals surface area contributed by atoms with Crippen LogP contribution in [-0.2, 0) is 6.54 Å². The molecule has 2 amide bonds. The first-order valence-corrected chi connectivity index (χ1v) is 7.44. The number of nitrogens with zero attached hydrogens (tertiary/aromatic N) is 4. The van der Waals surface area contributed by atoms with Crippen molar-refractivity contribution in [3.05, 3.63) is 53.6 Å². The minimum Gasteiger partial charge on any atom is -0.334 e. The Morgan fingerprint density at radius 3 is 3.00 bits per heavy atom. The first-order chi connectivity index (χ1) is 10.7. The average molecular weight is 314 g/mol. The van der Waals surface area contributed by atoms with E-state index in [0.717, 1.165) is 15.4 Å². The van der Waals surface area contributed by atoms with Crippen molar-refractivity contribution in [3.63, 3.8) is 0 Å². The molecule has 3 aromatic heterocycles. The molecule has 0 radical (unpaired) electrons. The van der Waals surface area contributed by atoms with Gasteiger partial charge in [0.2, 0.25) is 0 Å². The van der Waals surface area contributed by atoms with Crippen LogP contribution in [0, 0.1) is 6.92 Å². The van der Waals surface area contributed by atoms with Gasteiger partial charge in [0, 0.05) is 23.2 Å². The van der Waals surface area contributed by atoms with Gasteiger partial charge in [0.25, 0.3) is 0 Å². The quantitative estimate of drug-likeness (QED) is 0.774. The number of urea groups is 1. The molecule has 22 heavy (non-hydrogen) atoms. The lowest BCUT2D eigenvalue weighted by molar-refractivity contribution is 0.252. The average Bonchev–Trinajstić information content (AvgIpc) is 3.17. The minimum absolute atomic E-state index is 0.254. The van der Waals surface area contributed by atoms with E-state index in [-0.39, 0.29) is 6.03 Å². The van der Waals surface area contributed by atoms with E-state index in [0.29, 0.717) is 12.4 Å². The molecule has 0 unspecified atom stereocenters. The standard InChI is InChI=1S/C14H14N6OS/c1-10-4-5-12(22-10)19-14(21)17-7-11-3-2-6-16-13(11)20-9-15-8-18-20/h2-6,8-9H,7H2,1H3,(H2,17,19,21). The Kier molecular flexibility index (Phi) is 4.10. The molecular weight excluding hydrogens is 300 g/mol. The monoisotopic (exact) mass is 314 g/mol. The Bertz CT molecular complexity index is 767. The number of thiophene rings is 1. The number of carbonyl (C=O) groups is 1. The van der Waals surface area contributed by atoms with Gasteiger partial charge in [0.15, 0.2) is 5.82 Å². The molecule has 0 saturated carbocycles. The van der Waals surface area contributed by atoms with Crippen LogP contribution < -0.4 is 10.6 Å². The van der Waals surface area contributed by atoms with E-state index < -0.39 is 0 Å². The van der Waals surface area contributed by atoms with Gasteiger partial charge in [-0.3, -0.25) is 5.32 Å². The second kappa shape index (κ2) is 6.35. The smallest absolute Gasteiger partial charge is 0.320 e. The van der Waals surface area contributed by atoms with E-state index in [1.165, 1.54) is 17.7 Å². The highest BCUT2D eigenvalue weighted by Crippen LogP contribution is 2.20. The van der Waals surface area contributed by atoms with Gasteiger partial charge in [-0.25, -0.2) is 19.4 Å². The van der Waals surface area contributed by atoms with Gasteiger partial charge in [0.05, 0.1) is 5.00 Å². The van der Waals surface area contributed by atoms with E-state index in [2.05, 4.69) is 25.7 Å². The molecule has 7 nitrogen and oxygen atoms in total. The zero-order chi connectivity index (χ0) is 15.4. The van der Waals surface area contributed by atoms with Gasteiger partial charge < -0.3 is 5.32 Å². The predicted octanol–water partition coefficient (Wildman–Crippen LogP) is 2.35. The Balaban J connectivity index is 1.65. The van der Waals surface area contributed by atoms with Crippen LogP contribution in [0.3, 0.4) is 0 Å². The highest BCUT2D eigenvalue weighted by atomic mass is 32.1. The van der Waals surface area contributed by atoms with E-state index in [1.54, 1.807) is 17.2 Å². The topological polar surface area (TPSA) is 84.7 Å². The third-order valence-electron chi connectivity index (χ3n) is 2.92. The fourth-order valence-electron chi connectivity index (χ4n) is 1.93. The molecule has 8 heteroatoms. The Hall–Kier alpha value is -2.74. The van der Waals surface area contributed by atoms with Crippen molar-refractivity contribution < 1.29 is 4.79 Å². The molecule has 0 fully saturated rings. The summed E-state index contributed by atoms with van der Waals surface area (Å²) in [5.41, 5.74) is 0.852. The summed E-state index contributed by atoms with van der Waals surface area (Å²) in [5.74, 6) is 0.646. The molecule has 112 valence electrons. The summed E-state index contributed by atoms with van der Waals surface area (Å²) in [4.78, 5) is 21.3. The molecule has 0 atom stereocenters. The normalized spacial score (nSPS) is 10.4. The fraction of sp³-hybridized carbons (Fsp3) is 0.143. The highest BCUT2D eigenvalue weighted by molar-refractivity contribution is 7.16. The molecule has 0 aromatic carbocycles. The van der Waals surface area contributed by atoms with Crippen molar-refractivity contribution in [1.29, 1.82) is 0 Å². The lowest BCUT2D eigenvalue weighted by Crippen LogP contribution is -2.28. The number of nitrogens with one attached hydrogen (secondary N) is 2. The number of hydrogen-bond donors (Lipinski definition) is 2. The molecule has 0 bridgehead atoms. The van der Waals surface area contributed by atoms with Crippen molar-refractivity contribution in [2.75, 3.05) is 5.32 Å². The predicted molar refractivity (Wildman–Crippen MR) is 84.1 cm³/mol. The van der Waals surface area contributed by atoms with Crippen LogP contribution in [0.25, 0.3) is 5.82 Å². The number of aryl methyl sites for hydroxylation is 1. The number of pyridine rings is 1. The Morgan fingerprint density at radius 1 is 1.36 bits per heavy atom. The number of hydrogen-bond acceptors (Lipinski definition) is 5. The number of aromatic nitrogens is 4. The molecule has 0 saturated heterocycles. The van der Waals surface area contributed by atoms with Crippen molar-refractivity contribution >= 4 is 22.4 Å². The first-order valence-electron chi connectivity index (χ1n) is 6.62. The fourth-order valence-corrected chi connectivity index (χ4v) is 2.69. The van der Waals surface area contributed by atoms with Crippen LogP contribution in [-0.4, -0.2) is 25.8 Å². The van der Waals surface area contributed by atoms with Crippen molar-refractivity contribution in [2.24, 2.45) is 0 Å². The van der Waals surface area contributed by atoms with Crippen LogP contribution in [0.1, 0.15) is 10.4 Å². The molecule has 3 rings (SSSR count). The summed E-state index contributed by atoms with van der Waals surface area (Å²) in [5, 5.41) is 10.5. The molecule has 2 N–H and O–H groups in total. The first kappa shape index (κ1) is 14.2. The van der Waals surface area contributed by atoms with Crippen molar-refractivity contribution in [1.82, 2.24) is 25.1 Å².